The molecule has 12 heavy (non-hydrogen) atoms. The standard InChI is InChI=1S/C9H17NOS/c11-9-3-1-2-8(9)10-7-4-5-12-6-7/h7-11H,1-6H2/t7?,8-,9-/m1/s1. The van der Waals surface area contributed by atoms with Crippen molar-refractivity contribution in [1.82, 2.24) is 5.32 Å². The molecule has 3 atom stereocenters. The largest absolute Gasteiger partial charge is 0.392 e. The summed E-state index contributed by atoms with van der Waals surface area (Å²) in [4.78, 5) is 0. The number of rotatable bonds is 2. The number of aliphatic hydroxyl groups excluding tert-OH is 1. The molecule has 0 aromatic heterocycles. The molecule has 0 radical (unpaired) electrons. The topological polar surface area (TPSA) is 32.3 Å². The Balaban J connectivity index is 1.77. The van der Waals surface area contributed by atoms with Gasteiger partial charge in [0.2, 0.25) is 0 Å². The van der Waals surface area contributed by atoms with Crippen LogP contribution in [0.2, 0.25) is 0 Å². The maximum Gasteiger partial charge on any atom is 0.0693 e. The molecule has 0 bridgehead atoms. The molecule has 0 aromatic carbocycles. The van der Waals surface area contributed by atoms with Crippen molar-refractivity contribution in [3.8, 4) is 0 Å². The summed E-state index contributed by atoms with van der Waals surface area (Å²) in [5, 5.41) is 13.1. The van der Waals surface area contributed by atoms with Crippen LogP contribution in [0.5, 0.6) is 0 Å². The van der Waals surface area contributed by atoms with Crippen LogP contribution < -0.4 is 5.32 Å². The van der Waals surface area contributed by atoms with Gasteiger partial charge in [-0.15, -0.1) is 0 Å². The van der Waals surface area contributed by atoms with Crippen molar-refractivity contribution in [2.75, 3.05) is 11.5 Å². The fourth-order valence-corrected chi connectivity index (χ4v) is 3.27. The Morgan fingerprint density at radius 2 is 2.17 bits per heavy atom. The summed E-state index contributed by atoms with van der Waals surface area (Å²) in [5.74, 6) is 2.53. The van der Waals surface area contributed by atoms with Crippen LogP contribution >= 0.6 is 11.8 Å². The Hall–Kier alpha value is 0.270. The minimum Gasteiger partial charge on any atom is -0.392 e. The number of nitrogens with one attached hydrogen (secondary N) is 1. The Bertz CT molecular complexity index is 147. The van der Waals surface area contributed by atoms with Gasteiger partial charge in [0.25, 0.3) is 0 Å². The lowest BCUT2D eigenvalue weighted by Gasteiger charge is -2.20. The van der Waals surface area contributed by atoms with Gasteiger partial charge in [-0.25, -0.2) is 0 Å². The molecule has 0 aromatic rings. The van der Waals surface area contributed by atoms with Crippen LogP contribution in [-0.2, 0) is 0 Å². The average molecular weight is 187 g/mol. The zero-order valence-electron chi connectivity index (χ0n) is 7.33. The molecule has 1 aliphatic heterocycles. The first-order chi connectivity index (χ1) is 5.86. The van der Waals surface area contributed by atoms with Gasteiger partial charge in [-0.05, 0) is 31.4 Å². The zero-order chi connectivity index (χ0) is 8.39. The second-order valence-electron chi connectivity index (χ2n) is 3.83. The van der Waals surface area contributed by atoms with E-state index in [4.69, 9.17) is 0 Å². The molecule has 1 saturated carbocycles. The Morgan fingerprint density at radius 3 is 2.75 bits per heavy atom. The normalized spacial score (nSPS) is 42.2. The van der Waals surface area contributed by atoms with E-state index >= 15 is 0 Å². The number of hydrogen-bond donors (Lipinski definition) is 2. The molecular weight excluding hydrogens is 170 g/mol. The van der Waals surface area contributed by atoms with E-state index in [2.05, 4.69) is 5.32 Å². The van der Waals surface area contributed by atoms with Gasteiger partial charge < -0.3 is 10.4 Å². The number of aliphatic hydroxyl groups is 1. The van der Waals surface area contributed by atoms with E-state index in [0.29, 0.717) is 12.1 Å². The highest BCUT2D eigenvalue weighted by atomic mass is 32.2. The summed E-state index contributed by atoms with van der Waals surface area (Å²) in [6, 6.07) is 1.07. The van der Waals surface area contributed by atoms with E-state index in [1.807, 2.05) is 11.8 Å². The van der Waals surface area contributed by atoms with Crippen molar-refractivity contribution in [1.29, 1.82) is 0 Å². The fourth-order valence-electron chi connectivity index (χ4n) is 2.10. The monoisotopic (exact) mass is 187 g/mol. The van der Waals surface area contributed by atoms with Crippen LogP contribution in [0.1, 0.15) is 25.7 Å². The van der Waals surface area contributed by atoms with E-state index in [0.717, 1.165) is 6.42 Å². The van der Waals surface area contributed by atoms with Gasteiger partial charge in [-0.2, -0.15) is 11.8 Å². The molecular formula is C9H17NOS. The van der Waals surface area contributed by atoms with Gasteiger partial charge in [-0.3, -0.25) is 0 Å². The Kier molecular flexibility index (Phi) is 2.94. The first-order valence-electron chi connectivity index (χ1n) is 4.88. The Morgan fingerprint density at radius 1 is 1.25 bits per heavy atom. The predicted molar refractivity (Wildman–Crippen MR) is 52.5 cm³/mol. The highest BCUT2D eigenvalue weighted by Crippen LogP contribution is 2.23. The second kappa shape index (κ2) is 3.99. The molecule has 0 spiro atoms. The first-order valence-corrected chi connectivity index (χ1v) is 6.03. The SMILES string of the molecule is O[C@@H]1CCC[C@H]1NC1CCSC1. The van der Waals surface area contributed by atoms with Gasteiger partial charge in [0, 0.05) is 17.8 Å². The second-order valence-corrected chi connectivity index (χ2v) is 4.98. The first kappa shape index (κ1) is 8.85. The molecule has 3 heteroatoms. The molecule has 1 unspecified atom stereocenters. The number of thioether (sulfide) groups is 1. The van der Waals surface area contributed by atoms with Crippen LogP contribution in [-0.4, -0.2) is 34.8 Å². The molecule has 1 aliphatic carbocycles. The highest BCUT2D eigenvalue weighted by Gasteiger charge is 2.28. The smallest absolute Gasteiger partial charge is 0.0693 e. The van der Waals surface area contributed by atoms with Crippen molar-refractivity contribution in [2.45, 2.75) is 43.9 Å². The predicted octanol–water partition coefficient (Wildman–Crippen LogP) is 0.995. The molecule has 2 rings (SSSR count). The summed E-state index contributed by atoms with van der Waals surface area (Å²) in [6.45, 7) is 0. The minimum atomic E-state index is -0.0735. The summed E-state index contributed by atoms with van der Waals surface area (Å²) < 4.78 is 0. The quantitative estimate of drug-likeness (QED) is 0.676. The van der Waals surface area contributed by atoms with Crippen molar-refractivity contribution < 1.29 is 5.11 Å². The average Bonchev–Trinajstić information content (AvgIpc) is 2.65. The Labute approximate surface area is 78.1 Å². The van der Waals surface area contributed by atoms with E-state index in [-0.39, 0.29) is 6.10 Å². The lowest BCUT2D eigenvalue weighted by atomic mass is 10.1. The molecule has 2 aliphatic rings. The third kappa shape index (κ3) is 1.95. The minimum absolute atomic E-state index is 0.0735. The summed E-state index contributed by atoms with van der Waals surface area (Å²) in [5.41, 5.74) is 0. The van der Waals surface area contributed by atoms with Gasteiger partial charge in [0.05, 0.1) is 6.10 Å². The maximum atomic E-state index is 9.58. The molecule has 2 nitrogen and oxygen atoms in total. The van der Waals surface area contributed by atoms with Crippen LogP contribution in [0.15, 0.2) is 0 Å². The third-order valence-corrected chi connectivity index (χ3v) is 4.02. The lowest BCUT2D eigenvalue weighted by molar-refractivity contribution is 0.144. The van der Waals surface area contributed by atoms with E-state index in [1.165, 1.54) is 30.8 Å². The fraction of sp³-hybridized carbons (Fsp3) is 1.00. The lowest BCUT2D eigenvalue weighted by Crippen LogP contribution is -2.42. The molecule has 70 valence electrons. The van der Waals surface area contributed by atoms with Crippen LogP contribution in [0, 0.1) is 0 Å². The van der Waals surface area contributed by atoms with Crippen LogP contribution in [0.3, 0.4) is 0 Å². The molecule has 0 amide bonds. The summed E-state index contributed by atoms with van der Waals surface area (Å²) >= 11 is 2.02. The van der Waals surface area contributed by atoms with Crippen molar-refractivity contribution in [3.63, 3.8) is 0 Å². The summed E-state index contributed by atoms with van der Waals surface area (Å²) in [7, 11) is 0. The summed E-state index contributed by atoms with van der Waals surface area (Å²) in [6.07, 6.45) is 4.57. The number of hydrogen-bond acceptors (Lipinski definition) is 3. The maximum absolute atomic E-state index is 9.58. The highest BCUT2D eigenvalue weighted by molar-refractivity contribution is 7.99. The van der Waals surface area contributed by atoms with Gasteiger partial charge >= 0.3 is 0 Å². The third-order valence-electron chi connectivity index (χ3n) is 2.86. The van der Waals surface area contributed by atoms with Gasteiger partial charge in [0.1, 0.15) is 0 Å². The van der Waals surface area contributed by atoms with Crippen molar-refractivity contribution in [3.05, 3.63) is 0 Å². The van der Waals surface area contributed by atoms with Crippen molar-refractivity contribution in [2.24, 2.45) is 0 Å². The zero-order valence-corrected chi connectivity index (χ0v) is 8.15. The van der Waals surface area contributed by atoms with Gasteiger partial charge in [-0.1, -0.05) is 0 Å². The van der Waals surface area contributed by atoms with Gasteiger partial charge in [0.15, 0.2) is 0 Å². The van der Waals surface area contributed by atoms with Crippen LogP contribution in [0.4, 0.5) is 0 Å². The molecule has 1 heterocycles. The van der Waals surface area contributed by atoms with E-state index < -0.39 is 0 Å². The van der Waals surface area contributed by atoms with E-state index in [9.17, 15) is 5.11 Å². The molecule has 1 saturated heterocycles. The van der Waals surface area contributed by atoms with Crippen molar-refractivity contribution >= 4 is 11.8 Å². The molecule has 2 N–H and O–H groups in total. The van der Waals surface area contributed by atoms with E-state index in [1.54, 1.807) is 0 Å². The van der Waals surface area contributed by atoms with Crippen LogP contribution in [0.25, 0.3) is 0 Å². The molecule has 2 fully saturated rings.